The lowest BCUT2D eigenvalue weighted by molar-refractivity contribution is -0.130. The summed E-state index contributed by atoms with van der Waals surface area (Å²) < 4.78 is 5.03. The highest BCUT2D eigenvalue weighted by Gasteiger charge is 2.26. The second-order valence-electron chi connectivity index (χ2n) is 5.01. The van der Waals surface area contributed by atoms with Gasteiger partial charge in [-0.25, -0.2) is 4.98 Å². The molecule has 1 saturated heterocycles. The van der Waals surface area contributed by atoms with Crippen molar-refractivity contribution < 1.29 is 9.53 Å². The SMILES string of the molecule is COCCNc1nccnc1C1CCCN(C(C)=O)C1. The van der Waals surface area contributed by atoms with E-state index in [1.165, 1.54) is 0 Å². The molecule has 1 aromatic heterocycles. The van der Waals surface area contributed by atoms with Gasteiger partial charge in [-0.1, -0.05) is 0 Å². The third kappa shape index (κ3) is 3.66. The molecule has 1 fully saturated rings. The van der Waals surface area contributed by atoms with E-state index in [0.29, 0.717) is 13.2 Å². The first-order chi connectivity index (χ1) is 9.72. The van der Waals surface area contributed by atoms with Crippen LogP contribution in [0.25, 0.3) is 0 Å². The number of nitrogens with one attached hydrogen (secondary N) is 1. The molecule has 2 heterocycles. The van der Waals surface area contributed by atoms with Gasteiger partial charge >= 0.3 is 0 Å². The molecule has 0 radical (unpaired) electrons. The number of carbonyl (C=O) groups excluding carboxylic acids is 1. The Balaban J connectivity index is 2.08. The second-order valence-corrected chi connectivity index (χ2v) is 5.01. The first kappa shape index (κ1) is 14.7. The number of ether oxygens (including phenoxy) is 1. The zero-order valence-corrected chi connectivity index (χ0v) is 12.1. The van der Waals surface area contributed by atoms with Crippen LogP contribution in [0.1, 0.15) is 31.4 Å². The number of aromatic nitrogens is 2. The minimum Gasteiger partial charge on any atom is -0.383 e. The lowest BCUT2D eigenvalue weighted by Crippen LogP contribution is -2.38. The number of rotatable bonds is 5. The molecule has 1 aromatic rings. The van der Waals surface area contributed by atoms with Crippen LogP contribution in [0.3, 0.4) is 0 Å². The Bertz CT molecular complexity index is 453. The van der Waals surface area contributed by atoms with E-state index >= 15 is 0 Å². The van der Waals surface area contributed by atoms with Gasteiger partial charge < -0.3 is 15.0 Å². The van der Waals surface area contributed by atoms with Crippen molar-refractivity contribution in [3.05, 3.63) is 18.1 Å². The van der Waals surface area contributed by atoms with E-state index in [0.717, 1.165) is 37.4 Å². The van der Waals surface area contributed by atoms with Crippen molar-refractivity contribution in [2.24, 2.45) is 0 Å². The van der Waals surface area contributed by atoms with Crippen LogP contribution >= 0.6 is 0 Å². The first-order valence-corrected chi connectivity index (χ1v) is 7.01. The third-order valence-corrected chi connectivity index (χ3v) is 3.58. The molecule has 0 spiro atoms. The number of hydrogen-bond acceptors (Lipinski definition) is 5. The molecule has 0 saturated carbocycles. The molecule has 1 N–H and O–H groups in total. The summed E-state index contributed by atoms with van der Waals surface area (Å²) in [5.41, 5.74) is 0.953. The van der Waals surface area contributed by atoms with Gasteiger partial charge in [-0.15, -0.1) is 0 Å². The highest BCUT2D eigenvalue weighted by atomic mass is 16.5. The molecule has 6 heteroatoms. The predicted molar refractivity (Wildman–Crippen MR) is 76.6 cm³/mol. The molecule has 2 rings (SSSR count). The number of methoxy groups -OCH3 is 1. The van der Waals surface area contributed by atoms with Crippen LogP contribution in [-0.2, 0) is 9.53 Å². The lowest BCUT2D eigenvalue weighted by Gasteiger charge is -2.32. The van der Waals surface area contributed by atoms with Gasteiger partial charge in [0.2, 0.25) is 5.91 Å². The van der Waals surface area contributed by atoms with Gasteiger partial charge in [0, 0.05) is 52.0 Å². The Morgan fingerprint density at radius 2 is 2.30 bits per heavy atom. The molecule has 110 valence electrons. The third-order valence-electron chi connectivity index (χ3n) is 3.58. The number of hydrogen-bond donors (Lipinski definition) is 1. The van der Waals surface area contributed by atoms with Crippen LogP contribution in [0, 0.1) is 0 Å². The monoisotopic (exact) mass is 278 g/mol. The number of nitrogens with zero attached hydrogens (tertiary/aromatic N) is 3. The Kier molecular flexibility index (Phi) is 5.29. The van der Waals surface area contributed by atoms with E-state index in [-0.39, 0.29) is 11.8 Å². The van der Waals surface area contributed by atoms with E-state index in [9.17, 15) is 4.79 Å². The van der Waals surface area contributed by atoms with Gasteiger partial charge in [0.25, 0.3) is 0 Å². The molecule has 1 aliphatic rings. The fraction of sp³-hybridized carbons (Fsp3) is 0.643. The summed E-state index contributed by atoms with van der Waals surface area (Å²) in [6.07, 6.45) is 5.45. The maximum atomic E-state index is 11.5. The van der Waals surface area contributed by atoms with E-state index in [2.05, 4.69) is 15.3 Å². The Hall–Kier alpha value is -1.69. The van der Waals surface area contributed by atoms with Gasteiger partial charge in [-0.05, 0) is 12.8 Å². The topological polar surface area (TPSA) is 67.3 Å². The summed E-state index contributed by atoms with van der Waals surface area (Å²) >= 11 is 0. The molecule has 1 amide bonds. The van der Waals surface area contributed by atoms with Crippen molar-refractivity contribution in [3.63, 3.8) is 0 Å². The highest BCUT2D eigenvalue weighted by molar-refractivity contribution is 5.73. The van der Waals surface area contributed by atoms with Crippen molar-refractivity contribution in [1.82, 2.24) is 14.9 Å². The molecular weight excluding hydrogens is 256 g/mol. The molecule has 1 atom stereocenters. The van der Waals surface area contributed by atoms with Gasteiger partial charge in [0.1, 0.15) is 5.82 Å². The number of anilines is 1. The summed E-state index contributed by atoms with van der Waals surface area (Å²) in [7, 11) is 1.67. The van der Waals surface area contributed by atoms with E-state index in [1.54, 1.807) is 26.4 Å². The van der Waals surface area contributed by atoms with Crippen molar-refractivity contribution in [2.45, 2.75) is 25.7 Å². The predicted octanol–water partition coefficient (Wildman–Crippen LogP) is 1.26. The van der Waals surface area contributed by atoms with Crippen molar-refractivity contribution >= 4 is 11.7 Å². The second kappa shape index (κ2) is 7.19. The van der Waals surface area contributed by atoms with Crippen LogP contribution in [0.4, 0.5) is 5.82 Å². The smallest absolute Gasteiger partial charge is 0.219 e. The van der Waals surface area contributed by atoms with Gasteiger partial charge in [0.15, 0.2) is 0 Å². The van der Waals surface area contributed by atoms with Crippen molar-refractivity contribution in [3.8, 4) is 0 Å². The van der Waals surface area contributed by atoms with Gasteiger partial charge in [-0.3, -0.25) is 9.78 Å². The number of carbonyl (C=O) groups is 1. The quantitative estimate of drug-likeness (QED) is 0.821. The number of amides is 1. The summed E-state index contributed by atoms with van der Waals surface area (Å²) in [6.45, 7) is 4.52. The summed E-state index contributed by atoms with van der Waals surface area (Å²) in [5.74, 6) is 1.19. The summed E-state index contributed by atoms with van der Waals surface area (Å²) in [6, 6.07) is 0. The minimum atomic E-state index is 0.132. The Morgan fingerprint density at radius 3 is 3.05 bits per heavy atom. The summed E-state index contributed by atoms with van der Waals surface area (Å²) in [5, 5.41) is 3.25. The van der Waals surface area contributed by atoms with Crippen LogP contribution in [0.5, 0.6) is 0 Å². The van der Waals surface area contributed by atoms with Gasteiger partial charge in [-0.2, -0.15) is 0 Å². The number of piperidine rings is 1. The molecule has 0 bridgehead atoms. The van der Waals surface area contributed by atoms with Crippen LogP contribution < -0.4 is 5.32 Å². The van der Waals surface area contributed by atoms with Crippen molar-refractivity contribution in [2.75, 3.05) is 38.7 Å². The first-order valence-electron chi connectivity index (χ1n) is 7.01. The minimum absolute atomic E-state index is 0.132. The molecule has 1 unspecified atom stereocenters. The fourth-order valence-electron chi connectivity index (χ4n) is 2.54. The van der Waals surface area contributed by atoms with Crippen LogP contribution in [-0.4, -0.2) is 54.1 Å². The van der Waals surface area contributed by atoms with Crippen LogP contribution in [0.15, 0.2) is 12.4 Å². The van der Waals surface area contributed by atoms with Gasteiger partial charge in [0.05, 0.1) is 12.3 Å². The van der Waals surface area contributed by atoms with E-state index in [4.69, 9.17) is 4.74 Å². The van der Waals surface area contributed by atoms with E-state index in [1.807, 2.05) is 4.90 Å². The molecule has 6 nitrogen and oxygen atoms in total. The normalized spacial score (nSPS) is 18.9. The maximum Gasteiger partial charge on any atom is 0.219 e. The van der Waals surface area contributed by atoms with E-state index < -0.39 is 0 Å². The zero-order chi connectivity index (χ0) is 14.4. The number of likely N-dealkylation sites (tertiary alicyclic amines) is 1. The Labute approximate surface area is 119 Å². The standard InChI is InChI=1S/C14H22N4O2/c1-11(19)18-8-3-4-12(10-18)13-14(16-6-5-15-13)17-7-9-20-2/h5-6,12H,3-4,7-10H2,1-2H3,(H,16,17). The lowest BCUT2D eigenvalue weighted by atomic mass is 9.94. The highest BCUT2D eigenvalue weighted by Crippen LogP contribution is 2.29. The molecule has 0 aliphatic carbocycles. The zero-order valence-electron chi connectivity index (χ0n) is 12.1. The van der Waals surface area contributed by atoms with Crippen molar-refractivity contribution in [1.29, 1.82) is 0 Å². The van der Waals surface area contributed by atoms with Crippen LogP contribution in [0.2, 0.25) is 0 Å². The molecule has 0 aromatic carbocycles. The molecule has 20 heavy (non-hydrogen) atoms. The average Bonchev–Trinajstić information content (AvgIpc) is 2.48. The maximum absolute atomic E-state index is 11.5. The molecular formula is C14H22N4O2. The fourth-order valence-corrected chi connectivity index (χ4v) is 2.54. The largest absolute Gasteiger partial charge is 0.383 e. The molecule has 1 aliphatic heterocycles. The summed E-state index contributed by atoms with van der Waals surface area (Å²) in [4.78, 5) is 22.3. The average molecular weight is 278 g/mol. The Morgan fingerprint density at radius 1 is 1.50 bits per heavy atom.